The second-order valence-electron chi connectivity index (χ2n) is 14.0. The zero-order valence-corrected chi connectivity index (χ0v) is 30.0. The lowest BCUT2D eigenvalue weighted by molar-refractivity contribution is -0.147. The number of aliphatic imine (C=N–C) groups is 3. The number of nitrogens with one attached hydrogen (secondary N) is 2. The Balaban J connectivity index is 1.35. The third-order valence-electron chi connectivity index (χ3n) is 9.55. The lowest BCUT2D eigenvalue weighted by atomic mass is 10.1. The molecule has 0 saturated carbocycles. The second-order valence-corrected chi connectivity index (χ2v) is 18.9. The summed E-state index contributed by atoms with van der Waals surface area (Å²) in [6, 6.07) is 23.1. The van der Waals surface area contributed by atoms with Gasteiger partial charge in [0.2, 0.25) is 5.79 Å². The van der Waals surface area contributed by atoms with E-state index in [9.17, 15) is 9.59 Å². The van der Waals surface area contributed by atoms with Crippen LogP contribution in [0.15, 0.2) is 75.6 Å². The Morgan fingerprint density at radius 2 is 1.45 bits per heavy atom. The molecule has 0 bridgehead atoms. The molecule has 0 fully saturated rings. The fourth-order valence-electron chi connectivity index (χ4n) is 6.95. The summed E-state index contributed by atoms with van der Waals surface area (Å²) in [6.45, 7) is 9.86. The molecule has 1 atom stereocenters. The summed E-state index contributed by atoms with van der Waals surface area (Å²) in [5, 5.41) is 9.34. The van der Waals surface area contributed by atoms with Gasteiger partial charge in [-0.3, -0.25) is 14.9 Å². The molecule has 0 spiro atoms. The largest absolute Gasteiger partial charge is 0.460 e. The van der Waals surface area contributed by atoms with Crippen LogP contribution in [0.4, 0.5) is 0 Å². The van der Waals surface area contributed by atoms with Crippen LogP contribution < -0.4 is 21.0 Å². The van der Waals surface area contributed by atoms with Crippen LogP contribution in [0.2, 0.25) is 11.1 Å². The van der Waals surface area contributed by atoms with Gasteiger partial charge < -0.3 is 10.1 Å². The number of amides is 1. The maximum absolute atomic E-state index is 13.0. The predicted octanol–water partition coefficient (Wildman–Crippen LogP) is 6.55. The number of unbranched alkanes of at least 4 members (excludes halogenated alkanes) is 9. The number of fused-ring (bicyclic) bond motifs is 1. The highest BCUT2D eigenvalue weighted by molar-refractivity contribution is 7.04. The fraction of sp³-hybridized carbons (Fsp3) is 0.553. The van der Waals surface area contributed by atoms with E-state index in [0.717, 1.165) is 38.1 Å². The number of hydrogen-bond donors (Lipinski definition) is 2. The average Bonchev–Trinajstić information content (AvgIpc) is 3.54. The number of carbonyl (C=O) groups is 2. The van der Waals surface area contributed by atoms with Gasteiger partial charge in [0.25, 0.3) is 5.91 Å². The summed E-state index contributed by atoms with van der Waals surface area (Å²) >= 11 is 0. The summed E-state index contributed by atoms with van der Waals surface area (Å²) in [5.41, 5.74) is 0.190. The summed E-state index contributed by atoms with van der Waals surface area (Å²) in [5.74, 6) is -1.66. The molecule has 2 heterocycles. The van der Waals surface area contributed by atoms with E-state index < -0.39 is 13.9 Å². The fourth-order valence-corrected chi connectivity index (χ4v) is 12.6. The molecule has 0 aromatic heterocycles. The van der Waals surface area contributed by atoms with Gasteiger partial charge in [-0.25, -0.2) is 15.0 Å². The molecule has 0 radical (unpaired) electrons. The van der Waals surface area contributed by atoms with Gasteiger partial charge in [0.05, 0.1) is 0 Å². The van der Waals surface area contributed by atoms with Gasteiger partial charge >= 0.3 is 5.97 Å². The Hall–Kier alpha value is -3.43. The first-order chi connectivity index (χ1) is 22.7. The molecule has 2 aliphatic rings. The summed E-state index contributed by atoms with van der Waals surface area (Å²) in [7, 11) is -2.18. The minimum absolute atomic E-state index is 0.0900. The molecule has 2 aromatic carbocycles. The number of hydrogen-bond acceptors (Lipinski definition) is 7. The Morgan fingerprint density at radius 3 is 2.04 bits per heavy atom. The Morgan fingerprint density at radius 1 is 0.851 bits per heavy atom. The van der Waals surface area contributed by atoms with E-state index in [2.05, 4.69) is 109 Å². The van der Waals surface area contributed by atoms with Crippen molar-refractivity contribution in [1.29, 1.82) is 0 Å². The van der Waals surface area contributed by atoms with Crippen molar-refractivity contribution in [1.82, 2.24) is 10.6 Å². The number of esters is 1. The van der Waals surface area contributed by atoms with E-state index in [1.54, 1.807) is 0 Å². The quantitative estimate of drug-likeness (QED) is 0.0958. The maximum atomic E-state index is 13.0. The van der Waals surface area contributed by atoms with Gasteiger partial charge in [-0.1, -0.05) is 157 Å². The van der Waals surface area contributed by atoms with Crippen molar-refractivity contribution in [3.63, 3.8) is 0 Å². The van der Waals surface area contributed by atoms with Crippen molar-refractivity contribution in [3.8, 4) is 0 Å². The molecule has 4 rings (SSSR count). The average molecular weight is 658 g/mol. The molecular weight excluding hydrogens is 603 g/mol. The van der Waals surface area contributed by atoms with Gasteiger partial charge in [-0.15, -0.1) is 0 Å². The minimum Gasteiger partial charge on any atom is -0.460 e. The van der Waals surface area contributed by atoms with E-state index in [4.69, 9.17) is 9.73 Å². The smallest absolute Gasteiger partial charge is 0.305 e. The van der Waals surface area contributed by atoms with Crippen molar-refractivity contribution in [2.24, 2.45) is 15.0 Å². The van der Waals surface area contributed by atoms with Gasteiger partial charge in [0.15, 0.2) is 11.5 Å². The van der Waals surface area contributed by atoms with Crippen molar-refractivity contribution in [3.05, 3.63) is 60.7 Å². The normalized spacial score (nSPS) is 17.6. The maximum Gasteiger partial charge on any atom is 0.305 e. The molecule has 1 unspecified atom stereocenters. The molecule has 2 aliphatic heterocycles. The molecule has 9 heteroatoms. The molecule has 0 aliphatic carbocycles. The van der Waals surface area contributed by atoms with Crippen molar-refractivity contribution in [2.45, 2.75) is 122 Å². The lowest BCUT2D eigenvalue weighted by Crippen LogP contribution is -2.65. The summed E-state index contributed by atoms with van der Waals surface area (Å²) in [6.07, 6.45) is 14.2. The van der Waals surface area contributed by atoms with E-state index in [1.807, 2.05) is 0 Å². The van der Waals surface area contributed by atoms with Gasteiger partial charge in [0, 0.05) is 6.42 Å². The number of rotatable bonds is 20. The van der Waals surface area contributed by atoms with E-state index in [1.165, 1.54) is 55.2 Å². The van der Waals surface area contributed by atoms with Crippen molar-refractivity contribution < 1.29 is 14.3 Å². The molecule has 254 valence electrons. The molecule has 2 N–H and O–H groups in total. The first-order valence-corrected chi connectivity index (χ1v) is 20.0. The third-order valence-corrected chi connectivity index (χ3v) is 15.8. The Labute approximate surface area is 283 Å². The molecule has 8 nitrogen and oxygen atoms in total. The third kappa shape index (κ3) is 9.80. The molecule has 47 heavy (non-hydrogen) atoms. The van der Waals surface area contributed by atoms with Crippen LogP contribution in [-0.2, 0) is 14.3 Å². The molecule has 0 saturated heterocycles. The minimum atomic E-state index is -2.18. The lowest BCUT2D eigenvalue weighted by Gasteiger charge is -2.44. The second kappa shape index (κ2) is 17.6. The summed E-state index contributed by atoms with van der Waals surface area (Å²) in [4.78, 5) is 38.6. The number of benzene rings is 2. The monoisotopic (exact) mass is 657 g/mol. The first kappa shape index (κ1) is 36.4. The van der Waals surface area contributed by atoms with Crippen LogP contribution >= 0.6 is 0 Å². The zero-order valence-electron chi connectivity index (χ0n) is 29.0. The van der Waals surface area contributed by atoms with Gasteiger partial charge in [-0.05, 0) is 30.5 Å². The number of carbonyl (C=O) groups excluding carboxylic acids is 2. The zero-order chi connectivity index (χ0) is 33.6. The van der Waals surface area contributed by atoms with E-state index in [0.29, 0.717) is 13.0 Å². The van der Waals surface area contributed by atoms with Crippen LogP contribution in [0.1, 0.15) is 105 Å². The van der Waals surface area contributed by atoms with Crippen molar-refractivity contribution in [2.75, 3.05) is 13.2 Å². The van der Waals surface area contributed by atoms with E-state index in [-0.39, 0.29) is 35.1 Å². The van der Waals surface area contributed by atoms with E-state index >= 15 is 0 Å². The van der Waals surface area contributed by atoms with Crippen LogP contribution in [0.5, 0.6) is 0 Å². The van der Waals surface area contributed by atoms with Crippen LogP contribution in [0.25, 0.3) is 0 Å². The van der Waals surface area contributed by atoms with Gasteiger partial charge in [-0.2, -0.15) is 0 Å². The number of ether oxygens (including phenoxy) is 1. The highest BCUT2D eigenvalue weighted by atomic mass is 28.3. The highest BCUT2D eigenvalue weighted by Crippen LogP contribution is 2.39. The molecule has 1 amide bonds. The van der Waals surface area contributed by atoms with Crippen molar-refractivity contribution >= 4 is 48.2 Å². The Bertz CT molecular complexity index is 1350. The SMILES string of the molecule is CCCCCCCCCCCC(=O)OCC1(NCCCC[Si](c2ccccc2)(c2ccccc2)C(C)(C)C)N=C2N=CN=C2C(=O)N1. The van der Waals surface area contributed by atoms with Crippen LogP contribution in [0.3, 0.4) is 0 Å². The highest BCUT2D eigenvalue weighted by Gasteiger charge is 2.47. The molecule has 2 aromatic rings. The number of nitrogens with zero attached hydrogens (tertiary/aromatic N) is 3. The Kier molecular flexibility index (Phi) is 13.7. The van der Waals surface area contributed by atoms with Gasteiger partial charge in [0.1, 0.15) is 21.0 Å². The first-order valence-electron chi connectivity index (χ1n) is 17.8. The topological polar surface area (TPSA) is 105 Å². The predicted molar refractivity (Wildman–Crippen MR) is 197 cm³/mol. The van der Waals surface area contributed by atoms with Crippen LogP contribution in [-0.4, -0.2) is 56.8 Å². The number of amidine groups is 1. The van der Waals surface area contributed by atoms with Crippen LogP contribution in [0, 0.1) is 0 Å². The standard InChI is InChI=1S/C38H55N5O3Si/c1-5-6-7-8-9-10-11-12-19-26-33(44)46-29-38(42-35-34(36(45)43-38)39-30-40-35)41-27-20-21-28-47(37(2,3)4,31-22-15-13-16-23-31)32-24-17-14-18-25-32/h13-18,22-25,30,41H,5-12,19-21,26-29H2,1-4H3,(H,43,45). The molecular formula is C38H55N5O3Si. The summed E-state index contributed by atoms with van der Waals surface area (Å²) < 4.78 is 5.72.